The van der Waals surface area contributed by atoms with Gasteiger partial charge in [-0.3, -0.25) is 22.9 Å². The van der Waals surface area contributed by atoms with Crippen LogP contribution in [0, 0.1) is 0 Å². The first kappa shape index (κ1) is 31.5. The summed E-state index contributed by atoms with van der Waals surface area (Å²) >= 11 is 5.20. The zero-order chi connectivity index (χ0) is 32.5. The molecule has 0 saturated carbocycles. The maximum atomic E-state index is 16.0. The van der Waals surface area contributed by atoms with Crippen molar-refractivity contribution < 1.29 is 56.2 Å². The monoisotopic (exact) mass is 703 g/mol. The van der Waals surface area contributed by atoms with Gasteiger partial charge in [-0.1, -0.05) is 11.3 Å². The number of phosphoric acid groups is 1. The van der Waals surface area contributed by atoms with E-state index in [1.54, 1.807) is 0 Å². The summed E-state index contributed by atoms with van der Waals surface area (Å²) in [6, 6.07) is 4.47. The fourth-order valence-electron chi connectivity index (χ4n) is 5.45. The van der Waals surface area contributed by atoms with Gasteiger partial charge >= 0.3 is 14.5 Å². The number of halogens is 1. The third-order valence-corrected chi connectivity index (χ3v) is 10.1. The van der Waals surface area contributed by atoms with E-state index in [1.165, 1.54) is 29.1 Å². The molecular weight excluding hydrogens is 679 g/mol. The summed E-state index contributed by atoms with van der Waals surface area (Å²) in [7, 11) is -5.09. The molecule has 3 aromatic heterocycles. The van der Waals surface area contributed by atoms with E-state index >= 15 is 4.39 Å². The van der Waals surface area contributed by atoms with Crippen LogP contribution in [0.1, 0.15) is 22.8 Å². The molecular formula is C22H24FN9O11P2S. The third-order valence-electron chi connectivity index (χ3n) is 7.56. The molecule has 4 aromatic rings. The van der Waals surface area contributed by atoms with E-state index in [4.69, 9.17) is 50.8 Å². The van der Waals surface area contributed by atoms with Crippen LogP contribution in [0.2, 0.25) is 0 Å². The van der Waals surface area contributed by atoms with Crippen LogP contribution < -0.4 is 11.5 Å². The molecule has 0 radical (unpaired) electrons. The molecule has 24 heteroatoms. The number of fused-ring (bicyclic) bond motifs is 5. The van der Waals surface area contributed by atoms with Crippen LogP contribution >= 0.6 is 14.5 Å². The second-order valence-corrected chi connectivity index (χ2v) is 14.6. The molecule has 2 unspecified atom stereocenters. The minimum Gasteiger partial charge on any atom is -0.387 e. The standard InChI is InChI=1S/C22H24FN9O11P2S/c23-12-16-11(41-21(12)31-7-28-14-18(24)26-6-27-20(14)31)5-39-45(37,46)43-17-15(33)10(4-38-44(35,36)42-16)40-22(17)32-9-3-1-2-8(19(25)34)13(9)29-30-32/h1-3,6-7,10-12,15-17,21-22,33H,4-5H2,(H2,25,34)(H,35,36)(H,37,46)(H2,24,26,27)/t10-,11-,12-,15-,16-,17-,21-,22-,45?/m1/s1. The van der Waals surface area contributed by atoms with Gasteiger partial charge in [0.2, 0.25) is 0 Å². The number of nitrogen functional groups attached to an aromatic ring is 1. The van der Waals surface area contributed by atoms with Crippen LogP contribution in [0.15, 0.2) is 30.9 Å². The first-order chi connectivity index (χ1) is 21.8. The van der Waals surface area contributed by atoms with Crippen LogP contribution in [-0.2, 0) is 43.9 Å². The number of alkyl halides is 1. The van der Waals surface area contributed by atoms with Gasteiger partial charge in [0.1, 0.15) is 47.9 Å². The number of aliphatic hydroxyl groups excluding tert-OH is 1. The van der Waals surface area contributed by atoms with Gasteiger partial charge in [0.25, 0.3) is 5.91 Å². The smallest absolute Gasteiger partial charge is 0.387 e. The number of ether oxygens (including phenoxy) is 2. The molecule has 20 nitrogen and oxygen atoms in total. The number of hydrogen-bond acceptors (Lipinski definition) is 16. The minimum absolute atomic E-state index is 0.0233. The molecule has 3 fully saturated rings. The van der Waals surface area contributed by atoms with E-state index in [-0.39, 0.29) is 33.6 Å². The highest BCUT2D eigenvalue weighted by molar-refractivity contribution is 8.07. The Hall–Kier alpha value is -3.11. The summed E-state index contributed by atoms with van der Waals surface area (Å²) in [4.78, 5) is 45.5. The third kappa shape index (κ3) is 5.49. The number of aromatic nitrogens is 7. The number of anilines is 1. The molecule has 7 N–H and O–H groups in total. The Kier molecular flexibility index (Phi) is 7.90. The fourth-order valence-corrected chi connectivity index (χ4v) is 7.82. The summed E-state index contributed by atoms with van der Waals surface area (Å²) in [5.41, 5.74) is 11.9. The van der Waals surface area contributed by atoms with E-state index in [9.17, 15) is 24.3 Å². The predicted molar refractivity (Wildman–Crippen MR) is 152 cm³/mol. The molecule has 46 heavy (non-hydrogen) atoms. The van der Waals surface area contributed by atoms with Crippen LogP contribution in [-0.4, -0.2) is 105 Å². The van der Waals surface area contributed by atoms with Crippen LogP contribution in [0.25, 0.3) is 22.2 Å². The number of imidazole rings is 1. The SMILES string of the molecule is NC(=O)c1cccc2c1nnn2[C@@H]1O[C@@H]2COP(=O)(O)O[C@H]3[C@@H](F)[C@H](n4cnc5c(N)ncnc54)O[C@@H]3COP(O)(=S)O[C@@H]1[C@@H]2O. The summed E-state index contributed by atoms with van der Waals surface area (Å²) in [6.07, 6.45) is -10.5. The van der Waals surface area contributed by atoms with Crippen molar-refractivity contribution in [1.29, 1.82) is 0 Å². The Morgan fingerprint density at radius 1 is 1.04 bits per heavy atom. The summed E-state index contributed by atoms with van der Waals surface area (Å²) in [5.74, 6) is -0.754. The molecule has 0 spiro atoms. The molecule has 1 amide bonds. The van der Waals surface area contributed by atoms with Crippen molar-refractivity contribution in [3.63, 3.8) is 0 Å². The van der Waals surface area contributed by atoms with E-state index in [0.29, 0.717) is 0 Å². The number of nitrogens with two attached hydrogens (primary N) is 2. The van der Waals surface area contributed by atoms with Crippen molar-refractivity contribution in [2.24, 2.45) is 5.73 Å². The number of primary amides is 1. The van der Waals surface area contributed by atoms with Crippen molar-refractivity contribution in [1.82, 2.24) is 34.5 Å². The molecule has 6 heterocycles. The second-order valence-electron chi connectivity index (χ2n) is 10.4. The zero-order valence-electron chi connectivity index (χ0n) is 23.0. The van der Waals surface area contributed by atoms with Crippen molar-refractivity contribution in [3.05, 3.63) is 36.4 Å². The lowest BCUT2D eigenvalue weighted by Gasteiger charge is -2.27. The van der Waals surface area contributed by atoms with Crippen molar-refractivity contribution in [3.8, 4) is 0 Å². The lowest BCUT2D eigenvalue weighted by Crippen LogP contribution is -2.35. The maximum absolute atomic E-state index is 16.0. The Bertz CT molecular complexity index is 1930. The zero-order valence-corrected chi connectivity index (χ0v) is 25.6. The lowest BCUT2D eigenvalue weighted by atomic mass is 10.1. The van der Waals surface area contributed by atoms with Gasteiger partial charge in [0.15, 0.2) is 30.1 Å². The number of carbonyl (C=O) groups excluding carboxylic acids is 1. The van der Waals surface area contributed by atoms with E-state index in [0.717, 1.165) is 11.0 Å². The molecule has 3 aliphatic heterocycles. The van der Waals surface area contributed by atoms with Crippen molar-refractivity contribution in [2.45, 2.75) is 49.1 Å². The van der Waals surface area contributed by atoms with Crippen molar-refractivity contribution >= 4 is 60.3 Å². The number of nitrogens with zero attached hydrogens (tertiary/aromatic N) is 7. The number of hydrogen-bond donors (Lipinski definition) is 5. The molecule has 3 saturated heterocycles. The molecule has 3 aliphatic rings. The molecule has 10 atom stereocenters. The number of phosphoric ester groups is 1. The average molecular weight is 703 g/mol. The van der Waals surface area contributed by atoms with Gasteiger partial charge < -0.3 is 40.4 Å². The number of amides is 1. The first-order valence-corrected chi connectivity index (χ1v) is 17.4. The highest BCUT2D eigenvalue weighted by Crippen LogP contribution is 2.54. The van der Waals surface area contributed by atoms with Gasteiger partial charge in [0, 0.05) is 0 Å². The van der Waals surface area contributed by atoms with Gasteiger partial charge in [-0.05, 0) is 23.9 Å². The highest BCUT2D eigenvalue weighted by Gasteiger charge is 2.54. The Balaban J connectivity index is 1.20. The molecule has 2 bridgehead atoms. The number of aliphatic hydroxyl groups is 1. The fraction of sp³-hybridized carbons (Fsp3) is 0.455. The maximum Gasteiger partial charge on any atom is 0.472 e. The van der Waals surface area contributed by atoms with Crippen molar-refractivity contribution in [2.75, 3.05) is 18.9 Å². The predicted octanol–water partition coefficient (Wildman–Crippen LogP) is -0.420. The Morgan fingerprint density at radius 3 is 2.59 bits per heavy atom. The summed E-state index contributed by atoms with van der Waals surface area (Å²) in [5, 5.41) is 19.1. The van der Waals surface area contributed by atoms with Gasteiger partial charge in [-0.2, -0.15) is 0 Å². The molecule has 0 aliphatic carbocycles. The average Bonchev–Trinajstić information content (AvgIpc) is 3.76. The second kappa shape index (κ2) is 11.5. The van der Waals surface area contributed by atoms with E-state index in [1.807, 2.05) is 0 Å². The largest absolute Gasteiger partial charge is 0.472 e. The highest BCUT2D eigenvalue weighted by atomic mass is 32.5. The Labute approximate surface area is 261 Å². The van der Waals surface area contributed by atoms with Crippen LogP contribution in [0.3, 0.4) is 0 Å². The van der Waals surface area contributed by atoms with Gasteiger partial charge in [0.05, 0.1) is 30.6 Å². The van der Waals surface area contributed by atoms with Gasteiger partial charge in [-0.25, -0.2) is 28.6 Å². The summed E-state index contributed by atoms with van der Waals surface area (Å²) in [6.45, 7) is -5.80. The topological polar surface area (TPSA) is 277 Å². The molecule has 246 valence electrons. The molecule has 1 aromatic carbocycles. The van der Waals surface area contributed by atoms with Gasteiger partial charge in [-0.15, -0.1) is 5.10 Å². The first-order valence-electron chi connectivity index (χ1n) is 13.3. The molecule has 7 rings (SSSR count). The number of rotatable bonds is 3. The van der Waals surface area contributed by atoms with Crippen LogP contribution in [0.4, 0.5) is 10.2 Å². The van der Waals surface area contributed by atoms with Crippen LogP contribution in [0.5, 0.6) is 0 Å². The minimum atomic E-state index is -5.09. The van der Waals surface area contributed by atoms with E-state index in [2.05, 4.69) is 25.3 Å². The normalized spacial score (nSPS) is 37.0. The van der Waals surface area contributed by atoms with E-state index < -0.39 is 82.8 Å². The quantitative estimate of drug-likeness (QED) is 0.169. The lowest BCUT2D eigenvalue weighted by molar-refractivity contribution is -0.0672. The Morgan fingerprint density at radius 2 is 1.80 bits per heavy atom. The summed E-state index contributed by atoms with van der Waals surface area (Å²) < 4.78 is 64.6. The number of carbonyl (C=O) groups is 1. The number of benzene rings is 1.